The number of likely N-dealkylation sites (tertiary alicyclic amines) is 1. The van der Waals surface area contributed by atoms with Crippen molar-refractivity contribution in [2.75, 3.05) is 26.8 Å². The van der Waals surface area contributed by atoms with Crippen molar-refractivity contribution in [3.63, 3.8) is 0 Å². The molecule has 0 radical (unpaired) electrons. The SMILES string of the molecule is CCOC(=O)C1CCN([C@@H](C)C(=O)NCc2ccc(OC)cc2)CC1. The van der Waals surface area contributed by atoms with E-state index in [0.29, 0.717) is 13.2 Å². The second-order valence-corrected chi connectivity index (χ2v) is 6.30. The van der Waals surface area contributed by atoms with E-state index in [1.54, 1.807) is 7.11 Å². The van der Waals surface area contributed by atoms with Crippen LogP contribution in [0.25, 0.3) is 0 Å². The summed E-state index contributed by atoms with van der Waals surface area (Å²) in [7, 11) is 1.63. The molecule has 25 heavy (non-hydrogen) atoms. The smallest absolute Gasteiger partial charge is 0.309 e. The number of amides is 1. The lowest BCUT2D eigenvalue weighted by Crippen LogP contribution is -2.48. The Kier molecular flexibility index (Phi) is 7.25. The molecule has 1 amide bonds. The molecule has 0 saturated carbocycles. The van der Waals surface area contributed by atoms with Gasteiger partial charge in [-0.25, -0.2) is 0 Å². The molecular weight excluding hydrogens is 320 g/mol. The number of hydrogen-bond donors (Lipinski definition) is 1. The number of hydrogen-bond acceptors (Lipinski definition) is 5. The molecule has 1 aliphatic rings. The number of ether oxygens (including phenoxy) is 2. The topological polar surface area (TPSA) is 67.9 Å². The summed E-state index contributed by atoms with van der Waals surface area (Å²) in [6.07, 6.45) is 1.49. The van der Waals surface area contributed by atoms with E-state index < -0.39 is 0 Å². The summed E-state index contributed by atoms with van der Waals surface area (Å²) in [6.45, 7) is 6.12. The van der Waals surface area contributed by atoms with E-state index in [-0.39, 0.29) is 23.8 Å². The van der Waals surface area contributed by atoms with Crippen molar-refractivity contribution < 1.29 is 19.1 Å². The van der Waals surface area contributed by atoms with E-state index in [2.05, 4.69) is 10.2 Å². The van der Waals surface area contributed by atoms with Crippen molar-refractivity contribution in [1.82, 2.24) is 10.2 Å². The van der Waals surface area contributed by atoms with Gasteiger partial charge >= 0.3 is 5.97 Å². The number of esters is 1. The average molecular weight is 348 g/mol. The monoisotopic (exact) mass is 348 g/mol. The van der Waals surface area contributed by atoms with Gasteiger partial charge in [0.25, 0.3) is 0 Å². The zero-order valence-electron chi connectivity index (χ0n) is 15.3. The Morgan fingerprint density at radius 3 is 2.44 bits per heavy atom. The summed E-state index contributed by atoms with van der Waals surface area (Å²) in [5.41, 5.74) is 1.03. The van der Waals surface area contributed by atoms with Crippen LogP contribution in [0, 0.1) is 5.92 Å². The molecule has 0 bridgehead atoms. The van der Waals surface area contributed by atoms with Crippen molar-refractivity contribution in [3.05, 3.63) is 29.8 Å². The van der Waals surface area contributed by atoms with Gasteiger partial charge in [-0.2, -0.15) is 0 Å². The lowest BCUT2D eigenvalue weighted by Gasteiger charge is -2.34. The van der Waals surface area contributed by atoms with E-state index in [0.717, 1.165) is 37.2 Å². The number of piperidine rings is 1. The highest BCUT2D eigenvalue weighted by atomic mass is 16.5. The molecule has 6 heteroatoms. The Bertz CT molecular complexity index is 565. The van der Waals surface area contributed by atoms with Crippen LogP contribution in [0.3, 0.4) is 0 Å². The Morgan fingerprint density at radius 2 is 1.88 bits per heavy atom. The van der Waals surface area contributed by atoms with Crippen molar-refractivity contribution in [3.8, 4) is 5.75 Å². The maximum atomic E-state index is 12.4. The van der Waals surface area contributed by atoms with Crippen molar-refractivity contribution in [2.45, 2.75) is 39.3 Å². The van der Waals surface area contributed by atoms with E-state index in [4.69, 9.17) is 9.47 Å². The number of rotatable bonds is 7. The molecule has 1 aromatic carbocycles. The molecule has 1 atom stereocenters. The zero-order chi connectivity index (χ0) is 18.2. The number of benzene rings is 1. The minimum atomic E-state index is -0.207. The quantitative estimate of drug-likeness (QED) is 0.763. The second kappa shape index (κ2) is 9.42. The molecule has 0 aromatic heterocycles. The number of nitrogens with one attached hydrogen (secondary N) is 1. The summed E-state index contributed by atoms with van der Waals surface area (Å²) in [6, 6.07) is 7.43. The second-order valence-electron chi connectivity index (χ2n) is 6.30. The molecule has 2 rings (SSSR count). The van der Waals surface area contributed by atoms with Crippen LogP contribution < -0.4 is 10.1 Å². The molecule has 6 nitrogen and oxygen atoms in total. The fourth-order valence-electron chi connectivity index (χ4n) is 3.03. The summed E-state index contributed by atoms with van der Waals surface area (Å²) >= 11 is 0. The van der Waals surface area contributed by atoms with Gasteiger partial charge in [0.1, 0.15) is 5.75 Å². The minimum absolute atomic E-state index is 0.00500. The first-order chi connectivity index (χ1) is 12.0. The Labute approximate surface area is 149 Å². The standard InChI is InChI=1S/C19H28N2O4/c1-4-25-19(23)16-9-11-21(12-10-16)14(2)18(22)20-13-15-5-7-17(24-3)8-6-15/h5-8,14,16H,4,9-13H2,1-3H3,(H,20,22)/t14-/m0/s1. The van der Waals surface area contributed by atoms with Gasteiger partial charge in [-0.1, -0.05) is 12.1 Å². The largest absolute Gasteiger partial charge is 0.497 e. The molecule has 138 valence electrons. The van der Waals surface area contributed by atoms with Crippen LogP contribution in [0.1, 0.15) is 32.3 Å². The number of carbonyl (C=O) groups excluding carboxylic acids is 2. The van der Waals surface area contributed by atoms with Crippen molar-refractivity contribution >= 4 is 11.9 Å². The number of nitrogens with zero attached hydrogens (tertiary/aromatic N) is 1. The maximum absolute atomic E-state index is 12.4. The fourth-order valence-corrected chi connectivity index (χ4v) is 3.03. The normalized spacial score (nSPS) is 16.9. The summed E-state index contributed by atoms with van der Waals surface area (Å²) in [5.74, 6) is 0.655. The predicted molar refractivity (Wildman–Crippen MR) is 95.2 cm³/mol. The molecule has 1 heterocycles. The fraction of sp³-hybridized carbons (Fsp3) is 0.579. The van der Waals surface area contributed by atoms with Gasteiger partial charge < -0.3 is 14.8 Å². The highest BCUT2D eigenvalue weighted by molar-refractivity contribution is 5.81. The van der Waals surface area contributed by atoms with Gasteiger partial charge in [-0.05, 0) is 57.5 Å². The highest BCUT2D eigenvalue weighted by Crippen LogP contribution is 2.20. The molecule has 0 spiro atoms. The molecular formula is C19H28N2O4. The first kappa shape index (κ1) is 19.2. The van der Waals surface area contributed by atoms with E-state index in [9.17, 15) is 9.59 Å². The van der Waals surface area contributed by atoms with Gasteiger partial charge in [0, 0.05) is 6.54 Å². The molecule has 1 saturated heterocycles. The van der Waals surface area contributed by atoms with E-state index >= 15 is 0 Å². The van der Waals surface area contributed by atoms with Gasteiger partial charge in [-0.3, -0.25) is 14.5 Å². The Hall–Kier alpha value is -2.08. The zero-order valence-corrected chi connectivity index (χ0v) is 15.3. The van der Waals surface area contributed by atoms with Gasteiger partial charge in [0.2, 0.25) is 5.91 Å². The molecule has 1 aliphatic heterocycles. The van der Waals surface area contributed by atoms with Crippen molar-refractivity contribution in [2.24, 2.45) is 5.92 Å². The molecule has 0 aliphatic carbocycles. The van der Waals surface area contributed by atoms with Crippen LogP contribution in [-0.4, -0.2) is 49.6 Å². The van der Waals surface area contributed by atoms with Crippen LogP contribution in [0.4, 0.5) is 0 Å². The third-order valence-corrected chi connectivity index (χ3v) is 4.70. The van der Waals surface area contributed by atoms with Crippen LogP contribution >= 0.6 is 0 Å². The molecule has 1 fully saturated rings. The minimum Gasteiger partial charge on any atom is -0.497 e. The molecule has 0 unspecified atom stereocenters. The first-order valence-electron chi connectivity index (χ1n) is 8.86. The summed E-state index contributed by atoms with van der Waals surface area (Å²) in [5, 5.41) is 2.97. The third-order valence-electron chi connectivity index (χ3n) is 4.70. The van der Waals surface area contributed by atoms with E-state index in [1.165, 1.54) is 0 Å². The van der Waals surface area contributed by atoms with Crippen molar-refractivity contribution in [1.29, 1.82) is 0 Å². The lowest BCUT2D eigenvalue weighted by atomic mass is 9.96. The van der Waals surface area contributed by atoms with E-state index in [1.807, 2.05) is 38.1 Å². The maximum Gasteiger partial charge on any atom is 0.309 e. The Morgan fingerprint density at radius 1 is 1.24 bits per heavy atom. The average Bonchev–Trinajstić information content (AvgIpc) is 2.66. The number of carbonyl (C=O) groups is 2. The van der Waals surface area contributed by atoms with Crippen LogP contribution in [0.2, 0.25) is 0 Å². The number of methoxy groups -OCH3 is 1. The molecule has 1 N–H and O–H groups in total. The summed E-state index contributed by atoms with van der Waals surface area (Å²) in [4.78, 5) is 26.3. The predicted octanol–water partition coefficient (Wildman–Crippen LogP) is 1.97. The first-order valence-corrected chi connectivity index (χ1v) is 8.86. The lowest BCUT2D eigenvalue weighted by molar-refractivity contribution is -0.149. The van der Waals surface area contributed by atoms with Crippen LogP contribution in [-0.2, 0) is 20.9 Å². The van der Waals surface area contributed by atoms with Gasteiger partial charge in [0.15, 0.2) is 0 Å². The third kappa shape index (κ3) is 5.46. The summed E-state index contributed by atoms with van der Waals surface area (Å²) < 4.78 is 10.2. The highest BCUT2D eigenvalue weighted by Gasteiger charge is 2.30. The van der Waals surface area contributed by atoms with Crippen LogP contribution in [0.15, 0.2) is 24.3 Å². The Balaban J connectivity index is 1.77. The van der Waals surface area contributed by atoms with Crippen LogP contribution in [0.5, 0.6) is 5.75 Å². The molecule has 1 aromatic rings. The van der Waals surface area contributed by atoms with Gasteiger partial charge in [0.05, 0.1) is 25.7 Å². The van der Waals surface area contributed by atoms with Gasteiger partial charge in [-0.15, -0.1) is 0 Å².